The molecule has 1 aliphatic carbocycles. The van der Waals surface area contributed by atoms with E-state index in [-0.39, 0.29) is 23.1 Å². The normalized spacial score (nSPS) is 19.1. The number of furan rings is 1. The van der Waals surface area contributed by atoms with E-state index in [0.717, 1.165) is 25.7 Å². The fourth-order valence-electron chi connectivity index (χ4n) is 4.01. The Hall–Kier alpha value is -2.81. The van der Waals surface area contributed by atoms with E-state index in [1.807, 2.05) is 6.07 Å². The molecule has 0 radical (unpaired) electrons. The van der Waals surface area contributed by atoms with Crippen LogP contribution in [0, 0.1) is 11.3 Å². The van der Waals surface area contributed by atoms with Gasteiger partial charge in [-0.25, -0.2) is 0 Å². The highest BCUT2D eigenvalue weighted by molar-refractivity contribution is 6.43. The van der Waals surface area contributed by atoms with Crippen molar-refractivity contribution in [2.45, 2.75) is 38.6 Å². The molecule has 7 heteroatoms. The van der Waals surface area contributed by atoms with Crippen LogP contribution in [0.15, 0.2) is 51.5 Å². The Balaban J connectivity index is 1.75. The number of imide groups is 1. The first-order valence-electron chi connectivity index (χ1n) is 9.67. The summed E-state index contributed by atoms with van der Waals surface area (Å²) in [4.78, 5) is 27.2. The summed E-state index contributed by atoms with van der Waals surface area (Å²) in [6.07, 6.45) is 5.04. The van der Waals surface area contributed by atoms with Gasteiger partial charge in [-0.1, -0.05) is 42.1 Å². The van der Waals surface area contributed by atoms with Gasteiger partial charge in [-0.05, 0) is 55.7 Å². The second-order valence-electron chi connectivity index (χ2n) is 7.39. The number of halogens is 2. The molecule has 30 heavy (non-hydrogen) atoms. The zero-order valence-corrected chi connectivity index (χ0v) is 17.8. The molecule has 0 unspecified atom stereocenters. The first kappa shape index (κ1) is 20.5. The minimum Gasteiger partial charge on any atom is -0.457 e. The van der Waals surface area contributed by atoms with Gasteiger partial charge >= 0.3 is 0 Å². The average Bonchev–Trinajstić information content (AvgIpc) is 3.40. The van der Waals surface area contributed by atoms with Gasteiger partial charge in [-0.2, -0.15) is 5.26 Å². The molecule has 5 nitrogen and oxygen atoms in total. The summed E-state index contributed by atoms with van der Waals surface area (Å²) < 4.78 is 5.88. The van der Waals surface area contributed by atoms with Gasteiger partial charge in [0.1, 0.15) is 23.2 Å². The Bertz CT molecular complexity index is 1150. The van der Waals surface area contributed by atoms with Gasteiger partial charge in [0, 0.05) is 17.2 Å². The van der Waals surface area contributed by atoms with Gasteiger partial charge in [0.2, 0.25) is 0 Å². The van der Waals surface area contributed by atoms with Gasteiger partial charge in [-0.15, -0.1) is 0 Å². The Morgan fingerprint density at radius 3 is 2.57 bits per heavy atom. The van der Waals surface area contributed by atoms with Crippen LogP contribution >= 0.6 is 23.2 Å². The molecule has 4 rings (SSSR count). The molecule has 0 N–H and O–H groups in total. The highest BCUT2D eigenvalue weighted by Crippen LogP contribution is 2.36. The molecule has 152 valence electrons. The van der Waals surface area contributed by atoms with E-state index in [2.05, 4.69) is 0 Å². The van der Waals surface area contributed by atoms with Crippen LogP contribution in [-0.2, 0) is 9.59 Å². The number of carbonyl (C=O) groups is 2. The molecule has 0 atom stereocenters. The fourth-order valence-corrected chi connectivity index (χ4v) is 4.40. The molecular formula is C23H18Cl2N2O3. The topological polar surface area (TPSA) is 74.3 Å². The van der Waals surface area contributed by atoms with Crippen molar-refractivity contribution in [2.24, 2.45) is 0 Å². The minimum atomic E-state index is -0.505. The second kappa shape index (κ2) is 8.14. The summed E-state index contributed by atoms with van der Waals surface area (Å²) in [5, 5.41) is 10.3. The van der Waals surface area contributed by atoms with E-state index in [1.165, 1.54) is 4.90 Å². The predicted octanol–water partition coefficient (Wildman–Crippen LogP) is 5.79. The number of benzene rings is 1. The van der Waals surface area contributed by atoms with Gasteiger partial charge in [0.25, 0.3) is 11.8 Å². The lowest BCUT2D eigenvalue weighted by Crippen LogP contribution is -2.47. The lowest BCUT2D eigenvalue weighted by atomic mass is 9.93. The lowest BCUT2D eigenvalue weighted by molar-refractivity contribution is -0.143. The molecule has 1 aromatic carbocycles. The summed E-state index contributed by atoms with van der Waals surface area (Å²) in [6.45, 7) is 1.61. The molecule has 2 aromatic rings. The largest absolute Gasteiger partial charge is 0.457 e. The second-order valence-corrected chi connectivity index (χ2v) is 8.18. The average molecular weight is 441 g/mol. The van der Waals surface area contributed by atoms with E-state index in [0.29, 0.717) is 32.7 Å². The van der Waals surface area contributed by atoms with Crippen molar-refractivity contribution >= 4 is 41.1 Å². The van der Waals surface area contributed by atoms with E-state index in [9.17, 15) is 14.9 Å². The molecule has 2 aliphatic rings. The summed E-state index contributed by atoms with van der Waals surface area (Å²) >= 11 is 12.4. The maximum absolute atomic E-state index is 13.2. The van der Waals surface area contributed by atoms with Crippen LogP contribution in [0.5, 0.6) is 0 Å². The molecular weight excluding hydrogens is 423 g/mol. The zero-order chi connectivity index (χ0) is 21.4. The summed E-state index contributed by atoms with van der Waals surface area (Å²) in [5.74, 6) is 0.0299. The number of hydrogen-bond donors (Lipinski definition) is 0. The number of nitriles is 1. The number of rotatable bonds is 3. The summed E-state index contributed by atoms with van der Waals surface area (Å²) in [6, 6.07) is 10.5. The third kappa shape index (κ3) is 3.47. The molecule has 2 amide bonds. The summed E-state index contributed by atoms with van der Waals surface area (Å²) in [7, 11) is 0. The van der Waals surface area contributed by atoms with Crippen LogP contribution in [0.2, 0.25) is 10.0 Å². The van der Waals surface area contributed by atoms with E-state index in [1.54, 1.807) is 43.3 Å². The van der Waals surface area contributed by atoms with Crippen LogP contribution in [0.4, 0.5) is 0 Å². The van der Waals surface area contributed by atoms with Crippen LogP contribution < -0.4 is 0 Å². The van der Waals surface area contributed by atoms with Gasteiger partial charge in [0.15, 0.2) is 0 Å². The first-order valence-corrected chi connectivity index (χ1v) is 10.4. The van der Waals surface area contributed by atoms with Crippen LogP contribution in [0.3, 0.4) is 0 Å². The third-order valence-corrected chi connectivity index (χ3v) is 6.41. The Morgan fingerprint density at radius 1 is 1.13 bits per heavy atom. The minimum absolute atomic E-state index is 0.00239. The maximum atomic E-state index is 13.2. The van der Waals surface area contributed by atoms with Crippen LogP contribution in [-0.4, -0.2) is 22.8 Å². The molecule has 0 bridgehead atoms. The van der Waals surface area contributed by atoms with Crippen molar-refractivity contribution in [1.82, 2.24) is 4.90 Å². The number of nitrogens with zero attached hydrogens (tertiary/aromatic N) is 2. The Morgan fingerprint density at radius 2 is 1.87 bits per heavy atom. The molecule has 1 fully saturated rings. The van der Waals surface area contributed by atoms with Gasteiger partial charge in [0.05, 0.1) is 10.0 Å². The maximum Gasteiger partial charge on any atom is 0.271 e. The SMILES string of the molecule is CC1=C(C#N)C(=O)N(C2CCCC2)C(=O)/C1=C/c1ccc(-c2cccc(Cl)c2Cl)o1. The third-order valence-electron chi connectivity index (χ3n) is 5.59. The fraction of sp³-hybridized carbons (Fsp3) is 0.261. The predicted molar refractivity (Wildman–Crippen MR) is 115 cm³/mol. The van der Waals surface area contributed by atoms with Crippen molar-refractivity contribution in [3.8, 4) is 17.4 Å². The number of carbonyl (C=O) groups excluding carboxylic acids is 2. The van der Waals surface area contributed by atoms with Crippen molar-refractivity contribution in [3.63, 3.8) is 0 Å². The van der Waals surface area contributed by atoms with Crippen molar-refractivity contribution in [3.05, 3.63) is 62.9 Å². The van der Waals surface area contributed by atoms with E-state index >= 15 is 0 Å². The molecule has 1 saturated carbocycles. The highest BCUT2D eigenvalue weighted by atomic mass is 35.5. The monoisotopic (exact) mass is 440 g/mol. The zero-order valence-electron chi connectivity index (χ0n) is 16.2. The van der Waals surface area contributed by atoms with Crippen molar-refractivity contribution in [1.29, 1.82) is 5.26 Å². The molecule has 1 aliphatic heterocycles. The number of hydrogen-bond acceptors (Lipinski definition) is 4. The molecule has 1 aromatic heterocycles. The lowest BCUT2D eigenvalue weighted by Gasteiger charge is -2.31. The summed E-state index contributed by atoms with van der Waals surface area (Å²) in [5.41, 5.74) is 1.28. The quantitative estimate of drug-likeness (QED) is 0.447. The van der Waals surface area contributed by atoms with Gasteiger partial charge in [-0.3, -0.25) is 14.5 Å². The van der Waals surface area contributed by atoms with Crippen LogP contribution in [0.25, 0.3) is 17.4 Å². The van der Waals surface area contributed by atoms with E-state index in [4.69, 9.17) is 27.6 Å². The molecule has 2 heterocycles. The molecule has 0 spiro atoms. The van der Waals surface area contributed by atoms with Crippen molar-refractivity contribution < 1.29 is 14.0 Å². The van der Waals surface area contributed by atoms with Crippen LogP contribution in [0.1, 0.15) is 38.4 Å². The standard InChI is InChI=1S/C23H18Cl2N2O3/c1-13-17(22(28)27(14-5-2-3-6-14)23(29)18(13)12-26)11-15-9-10-20(30-15)16-7-4-8-19(24)21(16)25/h4,7-11,14H,2-3,5-6H2,1H3/b17-11+. The van der Waals surface area contributed by atoms with Crippen molar-refractivity contribution in [2.75, 3.05) is 0 Å². The Labute approximate surface area is 184 Å². The smallest absolute Gasteiger partial charge is 0.271 e. The molecule has 0 saturated heterocycles. The van der Waals surface area contributed by atoms with E-state index < -0.39 is 5.91 Å². The number of amides is 2. The highest BCUT2D eigenvalue weighted by Gasteiger charge is 2.40. The van der Waals surface area contributed by atoms with Gasteiger partial charge < -0.3 is 4.42 Å². The Kier molecular flexibility index (Phi) is 5.55. The first-order chi connectivity index (χ1) is 14.4.